The SMILES string of the molecule is CC(C)C[C@H](CNC(=O)c1cc(I)ccc1Br)CC(=O)O. The number of aliphatic carboxylic acids is 1. The molecule has 0 radical (unpaired) electrons. The van der Waals surface area contributed by atoms with Gasteiger partial charge in [0.2, 0.25) is 0 Å². The molecule has 0 fully saturated rings. The second kappa shape index (κ2) is 8.73. The van der Waals surface area contributed by atoms with Gasteiger partial charge in [-0.15, -0.1) is 0 Å². The summed E-state index contributed by atoms with van der Waals surface area (Å²) >= 11 is 5.51. The van der Waals surface area contributed by atoms with E-state index in [1.165, 1.54) is 0 Å². The van der Waals surface area contributed by atoms with E-state index in [0.29, 0.717) is 18.0 Å². The van der Waals surface area contributed by atoms with Crippen LogP contribution in [0, 0.1) is 15.4 Å². The van der Waals surface area contributed by atoms with Crippen molar-refractivity contribution in [3.8, 4) is 0 Å². The van der Waals surface area contributed by atoms with E-state index >= 15 is 0 Å². The minimum absolute atomic E-state index is 0.0481. The van der Waals surface area contributed by atoms with Gasteiger partial charge in [0.25, 0.3) is 5.91 Å². The summed E-state index contributed by atoms with van der Waals surface area (Å²) in [7, 11) is 0. The Bertz CT molecular complexity index is 520. The van der Waals surface area contributed by atoms with Gasteiger partial charge >= 0.3 is 5.97 Å². The van der Waals surface area contributed by atoms with E-state index in [1.54, 1.807) is 6.07 Å². The Morgan fingerprint density at radius 1 is 1.38 bits per heavy atom. The molecule has 0 bridgehead atoms. The summed E-state index contributed by atoms with van der Waals surface area (Å²) in [6.07, 6.45) is 0.853. The minimum Gasteiger partial charge on any atom is -0.481 e. The Balaban J connectivity index is 2.68. The van der Waals surface area contributed by atoms with Crippen LogP contribution < -0.4 is 5.32 Å². The van der Waals surface area contributed by atoms with Crippen molar-refractivity contribution in [2.24, 2.45) is 11.8 Å². The Morgan fingerprint density at radius 2 is 2.05 bits per heavy atom. The fraction of sp³-hybridized carbons (Fsp3) is 0.467. The second-order valence-corrected chi connectivity index (χ2v) is 7.53. The third-order valence-corrected chi connectivity index (χ3v) is 4.35. The molecule has 0 aromatic heterocycles. The number of carboxylic acid groups (broad SMARTS) is 1. The molecule has 6 heteroatoms. The van der Waals surface area contributed by atoms with Crippen LogP contribution in [-0.4, -0.2) is 23.5 Å². The van der Waals surface area contributed by atoms with E-state index in [1.807, 2.05) is 26.0 Å². The van der Waals surface area contributed by atoms with Crippen LogP contribution in [0.5, 0.6) is 0 Å². The number of amides is 1. The van der Waals surface area contributed by atoms with Crippen LogP contribution in [0.4, 0.5) is 0 Å². The zero-order valence-corrected chi connectivity index (χ0v) is 15.8. The van der Waals surface area contributed by atoms with E-state index in [0.717, 1.165) is 14.5 Å². The highest BCUT2D eigenvalue weighted by Gasteiger charge is 2.17. The van der Waals surface area contributed by atoms with Crippen LogP contribution in [-0.2, 0) is 4.79 Å². The number of nitrogens with one attached hydrogen (secondary N) is 1. The number of rotatable bonds is 7. The number of carbonyl (C=O) groups is 2. The van der Waals surface area contributed by atoms with Gasteiger partial charge in [0.05, 0.1) is 5.56 Å². The van der Waals surface area contributed by atoms with E-state index in [2.05, 4.69) is 43.8 Å². The summed E-state index contributed by atoms with van der Waals surface area (Å²) in [6.45, 7) is 4.47. The molecular formula is C15H19BrINO3. The summed E-state index contributed by atoms with van der Waals surface area (Å²) in [5.41, 5.74) is 0.570. The van der Waals surface area contributed by atoms with Gasteiger partial charge in [-0.05, 0) is 75.0 Å². The van der Waals surface area contributed by atoms with E-state index in [-0.39, 0.29) is 18.2 Å². The highest BCUT2D eigenvalue weighted by atomic mass is 127. The molecule has 0 saturated heterocycles. The van der Waals surface area contributed by atoms with Crippen LogP contribution in [0.25, 0.3) is 0 Å². The van der Waals surface area contributed by atoms with Crippen molar-refractivity contribution < 1.29 is 14.7 Å². The normalized spacial score (nSPS) is 12.2. The molecule has 0 aliphatic heterocycles. The second-order valence-electron chi connectivity index (χ2n) is 5.43. The first-order valence-corrected chi connectivity index (χ1v) is 8.61. The summed E-state index contributed by atoms with van der Waals surface area (Å²) in [6, 6.07) is 5.54. The van der Waals surface area contributed by atoms with Crippen molar-refractivity contribution >= 4 is 50.4 Å². The average Bonchev–Trinajstić information content (AvgIpc) is 2.37. The Morgan fingerprint density at radius 3 is 2.62 bits per heavy atom. The van der Waals surface area contributed by atoms with Gasteiger partial charge in [-0.3, -0.25) is 9.59 Å². The fourth-order valence-corrected chi connectivity index (χ4v) is 3.07. The van der Waals surface area contributed by atoms with Crippen LogP contribution in [0.1, 0.15) is 37.0 Å². The number of halogens is 2. The number of hydrogen-bond acceptors (Lipinski definition) is 2. The summed E-state index contributed by atoms with van der Waals surface area (Å²) in [5.74, 6) is -0.659. The van der Waals surface area contributed by atoms with Crippen LogP contribution in [0.2, 0.25) is 0 Å². The van der Waals surface area contributed by atoms with Crippen LogP contribution >= 0.6 is 38.5 Å². The van der Waals surface area contributed by atoms with Crippen molar-refractivity contribution in [3.05, 3.63) is 31.8 Å². The minimum atomic E-state index is -0.828. The largest absolute Gasteiger partial charge is 0.481 e. The summed E-state index contributed by atoms with van der Waals surface area (Å²) in [5, 5.41) is 11.8. The predicted octanol–water partition coefficient (Wildman–Crippen LogP) is 3.92. The molecule has 116 valence electrons. The van der Waals surface area contributed by atoms with Crippen molar-refractivity contribution in [2.75, 3.05) is 6.54 Å². The molecule has 0 spiro atoms. The van der Waals surface area contributed by atoms with E-state index in [9.17, 15) is 9.59 Å². The van der Waals surface area contributed by atoms with Crippen molar-refractivity contribution in [1.82, 2.24) is 5.32 Å². The lowest BCUT2D eigenvalue weighted by molar-refractivity contribution is -0.138. The summed E-state index contributed by atoms with van der Waals surface area (Å²) < 4.78 is 1.71. The lowest BCUT2D eigenvalue weighted by atomic mass is 9.94. The quantitative estimate of drug-likeness (QED) is 0.597. The molecule has 0 aliphatic carbocycles. The Labute approximate surface area is 147 Å². The van der Waals surface area contributed by atoms with Gasteiger partial charge in [-0.2, -0.15) is 0 Å². The molecule has 0 unspecified atom stereocenters. The third-order valence-electron chi connectivity index (χ3n) is 2.99. The van der Waals surface area contributed by atoms with Gasteiger partial charge in [0.1, 0.15) is 0 Å². The lowest BCUT2D eigenvalue weighted by Crippen LogP contribution is -2.31. The number of carbonyl (C=O) groups excluding carboxylic acids is 1. The van der Waals surface area contributed by atoms with Gasteiger partial charge in [-0.1, -0.05) is 13.8 Å². The molecule has 4 nitrogen and oxygen atoms in total. The molecule has 21 heavy (non-hydrogen) atoms. The molecule has 1 aromatic rings. The Hall–Kier alpha value is -0.630. The zero-order valence-electron chi connectivity index (χ0n) is 12.0. The van der Waals surface area contributed by atoms with Gasteiger partial charge < -0.3 is 10.4 Å². The first-order chi connectivity index (χ1) is 9.79. The topological polar surface area (TPSA) is 66.4 Å². The highest BCUT2D eigenvalue weighted by molar-refractivity contribution is 14.1. The molecule has 0 aliphatic rings. The van der Waals surface area contributed by atoms with Gasteiger partial charge in [0.15, 0.2) is 0 Å². The van der Waals surface area contributed by atoms with Gasteiger partial charge in [0, 0.05) is 21.0 Å². The van der Waals surface area contributed by atoms with Crippen molar-refractivity contribution in [3.63, 3.8) is 0 Å². The first kappa shape index (κ1) is 18.4. The zero-order chi connectivity index (χ0) is 16.0. The Kier molecular flexibility index (Phi) is 7.65. The maximum absolute atomic E-state index is 12.2. The highest BCUT2D eigenvalue weighted by Crippen LogP contribution is 2.20. The van der Waals surface area contributed by atoms with Crippen LogP contribution in [0.3, 0.4) is 0 Å². The van der Waals surface area contributed by atoms with Crippen molar-refractivity contribution in [1.29, 1.82) is 0 Å². The molecule has 0 saturated carbocycles. The number of carboxylic acids is 1. The molecule has 1 atom stereocenters. The van der Waals surface area contributed by atoms with E-state index in [4.69, 9.17) is 5.11 Å². The van der Waals surface area contributed by atoms with Crippen molar-refractivity contribution in [2.45, 2.75) is 26.7 Å². The number of benzene rings is 1. The first-order valence-electron chi connectivity index (χ1n) is 6.74. The third kappa shape index (κ3) is 6.78. The smallest absolute Gasteiger partial charge is 0.303 e. The molecule has 1 rings (SSSR count). The fourth-order valence-electron chi connectivity index (χ4n) is 2.16. The maximum atomic E-state index is 12.2. The standard InChI is InChI=1S/C15H19BrINO3/c1-9(2)5-10(6-14(19)20)8-18-15(21)12-7-11(17)3-4-13(12)16/h3-4,7,9-10H,5-6,8H2,1-2H3,(H,18,21)(H,19,20)/t10-/m0/s1. The lowest BCUT2D eigenvalue weighted by Gasteiger charge is -2.18. The van der Waals surface area contributed by atoms with E-state index < -0.39 is 5.97 Å². The summed E-state index contributed by atoms with van der Waals surface area (Å²) in [4.78, 5) is 23.1. The monoisotopic (exact) mass is 467 g/mol. The van der Waals surface area contributed by atoms with Gasteiger partial charge in [-0.25, -0.2) is 0 Å². The van der Waals surface area contributed by atoms with Crippen LogP contribution in [0.15, 0.2) is 22.7 Å². The molecule has 2 N–H and O–H groups in total. The predicted molar refractivity (Wildman–Crippen MR) is 94.4 cm³/mol. The molecule has 1 aromatic carbocycles. The maximum Gasteiger partial charge on any atom is 0.303 e. The molecule has 0 heterocycles. The number of hydrogen-bond donors (Lipinski definition) is 2. The average molecular weight is 468 g/mol. The molecular weight excluding hydrogens is 449 g/mol. The molecule has 1 amide bonds.